The number of amides is 4. The van der Waals surface area contributed by atoms with Gasteiger partial charge in [-0.05, 0) is 59.2 Å². The highest BCUT2D eigenvalue weighted by molar-refractivity contribution is 5.95. The molecule has 0 saturated heterocycles. The molecule has 288 valence electrons. The second kappa shape index (κ2) is 21.1. The van der Waals surface area contributed by atoms with Gasteiger partial charge >= 0.3 is 5.97 Å². The predicted molar refractivity (Wildman–Crippen MR) is 209 cm³/mol. The van der Waals surface area contributed by atoms with Gasteiger partial charge in [-0.25, -0.2) is 0 Å². The molecule has 55 heavy (non-hydrogen) atoms. The first-order valence-corrected chi connectivity index (χ1v) is 17.9. The van der Waals surface area contributed by atoms with Crippen LogP contribution in [0.25, 0.3) is 11.1 Å². The molecule has 14 heteroatoms. The van der Waals surface area contributed by atoms with Crippen molar-refractivity contribution in [3.63, 3.8) is 0 Å². The number of rotatable bonds is 20. The molecule has 0 aliphatic heterocycles. The van der Waals surface area contributed by atoms with Crippen molar-refractivity contribution in [2.75, 3.05) is 13.1 Å². The smallest absolute Gasteiger partial charge is 0.305 e. The molecule has 4 rings (SSSR count). The molecular weight excluding hydrogens is 702 g/mol. The van der Waals surface area contributed by atoms with E-state index in [2.05, 4.69) is 26.3 Å². The number of phenols is 1. The number of benzene rings is 4. The molecule has 0 bridgehead atoms. The highest BCUT2D eigenvalue weighted by Gasteiger charge is 2.31. The third kappa shape index (κ3) is 14.3. The molecule has 0 aliphatic carbocycles. The summed E-state index contributed by atoms with van der Waals surface area (Å²) in [5.74, 6) is -4.17. The van der Waals surface area contributed by atoms with Gasteiger partial charge in [0, 0.05) is 19.5 Å². The van der Waals surface area contributed by atoms with Crippen molar-refractivity contribution >= 4 is 35.6 Å². The van der Waals surface area contributed by atoms with E-state index in [9.17, 15) is 34.2 Å². The van der Waals surface area contributed by atoms with Crippen LogP contribution in [-0.2, 0) is 43.2 Å². The summed E-state index contributed by atoms with van der Waals surface area (Å²) in [7, 11) is 0. The summed E-state index contributed by atoms with van der Waals surface area (Å²) in [6, 6.07) is 28.8. The standard InChI is InChI=1S/C41H47N7O7/c42-41(43)45-22-7-12-33(39(54)48-34(24-28-15-19-32(49)20-16-28)38(53)44-23-21-27-8-3-1-4-9-27)47-40(55)35(26-37(51)52)46-36(50)25-29-13-17-31(18-14-29)30-10-5-2-6-11-30/h1-6,8-11,13-20,33-35,49H,7,12,21-26H2,(H,44,53)(H,46,50)(H,47,55)(H,48,54)(H,51,52)(H4,42,43,45)/t33-,34+,35+/m1/s1. The lowest BCUT2D eigenvalue weighted by Crippen LogP contribution is -2.57. The Kier molecular flexibility index (Phi) is 15.8. The Morgan fingerprint density at radius 1 is 0.636 bits per heavy atom. The second-order valence-electron chi connectivity index (χ2n) is 12.9. The molecule has 14 nitrogen and oxygen atoms in total. The van der Waals surface area contributed by atoms with Crippen molar-refractivity contribution in [3.05, 3.63) is 126 Å². The van der Waals surface area contributed by atoms with E-state index in [-0.39, 0.29) is 50.5 Å². The topological polar surface area (TPSA) is 238 Å². The van der Waals surface area contributed by atoms with Gasteiger partial charge in [-0.2, -0.15) is 0 Å². The van der Waals surface area contributed by atoms with Gasteiger partial charge in [0.15, 0.2) is 5.96 Å². The number of aliphatic carboxylic acids is 1. The molecular formula is C41H47N7O7. The molecule has 0 aliphatic rings. The molecule has 0 radical (unpaired) electrons. The third-order valence-electron chi connectivity index (χ3n) is 8.60. The van der Waals surface area contributed by atoms with E-state index in [0.717, 1.165) is 16.7 Å². The van der Waals surface area contributed by atoms with Gasteiger partial charge < -0.3 is 42.9 Å². The molecule has 0 heterocycles. The average molecular weight is 750 g/mol. The van der Waals surface area contributed by atoms with E-state index in [4.69, 9.17) is 11.5 Å². The van der Waals surface area contributed by atoms with Crippen molar-refractivity contribution in [2.45, 2.75) is 56.7 Å². The van der Waals surface area contributed by atoms with Crippen LogP contribution in [0.15, 0.2) is 114 Å². The fourth-order valence-electron chi connectivity index (χ4n) is 5.75. The summed E-state index contributed by atoms with van der Waals surface area (Å²) >= 11 is 0. The number of nitrogens with two attached hydrogens (primary N) is 2. The molecule has 0 unspecified atom stereocenters. The van der Waals surface area contributed by atoms with Crippen LogP contribution in [-0.4, -0.2) is 77.0 Å². The van der Waals surface area contributed by atoms with Gasteiger partial charge in [-0.3, -0.25) is 29.0 Å². The Balaban J connectivity index is 1.47. The van der Waals surface area contributed by atoms with E-state index in [1.807, 2.05) is 72.8 Å². The highest BCUT2D eigenvalue weighted by atomic mass is 16.4. The van der Waals surface area contributed by atoms with E-state index in [0.29, 0.717) is 17.5 Å². The fourth-order valence-corrected chi connectivity index (χ4v) is 5.75. The first-order chi connectivity index (χ1) is 26.5. The van der Waals surface area contributed by atoms with Crippen LogP contribution < -0.4 is 32.7 Å². The minimum Gasteiger partial charge on any atom is -0.508 e. The van der Waals surface area contributed by atoms with Crippen LogP contribution in [0.3, 0.4) is 0 Å². The lowest BCUT2D eigenvalue weighted by atomic mass is 10.0. The number of hydrogen-bond acceptors (Lipinski definition) is 7. The Labute approximate surface area is 319 Å². The molecule has 0 fully saturated rings. The van der Waals surface area contributed by atoms with E-state index in [1.54, 1.807) is 24.3 Å². The van der Waals surface area contributed by atoms with E-state index < -0.39 is 54.1 Å². The van der Waals surface area contributed by atoms with Crippen molar-refractivity contribution in [1.82, 2.24) is 21.3 Å². The number of guanidine groups is 1. The number of carboxylic acid groups (broad SMARTS) is 1. The number of carbonyl (C=O) groups is 5. The van der Waals surface area contributed by atoms with E-state index in [1.165, 1.54) is 12.1 Å². The first kappa shape index (κ1) is 41.1. The largest absolute Gasteiger partial charge is 0.508 e. The van der Waals surface area contributed by atoms with Crippen LogP contribution in [0.4, 0.5) is 0 Å². The molecule has 0 aromatic heterocycles. The monoisotopic (exact) mass is 749 g/mol. The maximum atomic E-state index is 13.9. The van der Waals surface area contributed by atoms with Crippen molar-refractivity contribution < 1.29 is 34.2 Å². The predicted octanol–water partition coefficient (Wildman–Crippen LogP) is 2.19. The molecule has 0 saturated carbocycles. The summed E-state index contributed by atoms with van der Waals surface area (Å²) in [4.78, 5) is 69.8. The van der Waals surface area contributed by atoms with Gasteiger partial charge in [0.05, 0.1) is 12.8 Å². The minimum absolute atomic E-state index is 0.0113. The fraction of sp³-hybridized carbons (Fsp3) is 0.268. The van der Waals surface area contributed by atoms with Gasteiger partial charge in [-0.1, -0.05) is 97.1 Å². The first-order valence-electron chi connectivity index (χ1n) is 17.9. The molecule has 3 atom stereocenters. The van der Waals surface area contributed by atoms with Gasteiger partial charge in [-0.15, -0.1) is 0 Å². The Hall–Kier alpha value is -6.70. The molecule has 10 N–H and O–H groups in total. The number of carboxylic acids is 1. The number of carbonyl (C=O) groups excluding carboxylic acids is 4. The van der Waals surface area contributed by atoms with Crippen LogP contribution in [0.1, 0.15) is 36.0 Å². The SMILES string of the molecule is NC(N)=NCCC[C@@H](NC(=O)[C@H](CC(=O)O)NC(=O)Cc1ccc(-c2ccccc2)cc1)C(=O)N[C@@H](Cc1ccc(O)cc1)C(=O)NCCc1ccccc1. The maximum Gasteiger partial charge on any atom is 0.305 e. The normalized spacial score (nSPS) is 12.3. The van der Waals surface area contributed by atoms with Crippen molar-refractivity contribution in [2.24, 2.45) is 16.5 Å². The van der Waals surface area contributed by atoms with Gasteiger partial charge in [0.1, 0.15) is 23.9 Å². The lowest BCUT2D eigenvalue weighted by Gasteiger charge is -2.25. The summed E-state index contributed by atoms with van der Waals surface area (Å²) in [6.07, 6.45) is -0.0264. The second-order valence-corrected chi connectivity index (χ2v) is 12.9. The summed E-state index contributed by atoms with van der Waals surface area (Å²) in [6.45, 7) is 0.411. The molecule has 4 aromatic rings. The maximum absolute atomic E-state index is 13.9. The van der Waals surface area contributed by atoms with Crippen LogP contribution in [0, 0.1) is 0 Å². The molecule has 0 spiro atoms. The zero-order valence-corrected chi connectivity index (χ0v) is 30.3. The number of aromatic hydroxyl groups is 1. The van der Waals surface area contributed by atoms with Gasteiger partial charge in [0.25, 0.3) is 0 Å². The van der Waals surface area contributed by atoms with Crippen LogP contribution in [0.2, 0.25) is 0 Å². The summed E-state index contributed by atoms with van der Waals surface area (Å²) in [5, 5.41) is 30.1. The third-order valence-corrected chi connectivity index (χ3v) is 8.60. The summed E-state index contributed by atoms with van der Waals surface area (Å²) in [5.41, 5.74) is 15.2. The van der Waals surface area contributed by atoms with Gasteiger partial charge in [0.2, 0.25) is 23.6 Å². The zero-order valence-electron chi connectivity index (χ0n) is 30.3. The van der Waals surface area contributed by atoms with Crippen molar-refractivity contribution in [3.8, 4) is 16.9 Å². The zero-order chi connectivity index (χ0) is 39.6. The minimum atomic E-state index is -1.52. The highest BCUT2D eigenvalue weighted by Crippen LogP contribution is 2.19. The van der Waals surface area contributed by atoms with Crippen LogP contribution >= 0.6 is 0 Å². The number of nitrogens with one attached hydrogen (secondary N) is 4. The van der Waals surface area contributed by atoms with Crippen LogP contribution in [0.5, 0.6) is 5.75 Å². The quantitative estimate of drug-likeness (QED) is 0.0375. The Morgan fingerprint density at radius 2 is 1.22 bits per heavy atom. The number of nitrogens with zero attached hydrogens (tertiary/aromatic N) is 1. The number of hydrogen-bond donors (Lipinski definition) is 8. The number of aliphatic imine (C=N–C) groups is 1. The molecule has 4 aromatic carbocycles. The Morgan fingerprint density at radius 3 is 1.85 bits per heavy atom. The lowest BCUT2D eigenvalue weighted by molar-refractivity contribution is -0.141. The average Bonchev–Trinajstić information content (AvgIpc) is 3.17. The number of phenolic OH excluding ortho intramolecular Hbond substituents is 1. The van der Waals surface area contributed by atoms with Crippen molar-refractivity contribution in [1.29, 1.82) is 0 Å². The Bertz CT molecular complexity index is 1900. The van der Waals surface area contributed by atoms with E-state index >= 15 is 0 Å². The summed E-state index contributed by atoms with van der Waals surface area (Å²) < 4.78 is 0. The molecule has 4 amide bonds.